The predicted molar refractivity (Wildman–Crippen MR) is 162 cm³/mol. The number of benzene rings is 5. The molecule has 0 unspecified atom stereocenters. The van der Waals surface area contributed by atoms with Gasteiger partial charge in [0.15, 0.2) is 0 Å². The smallest absolute Gasteiger partial charge is 0.431 e. The molecule has 0 atom stereocenters. The fourth-order valence-corrected chi connectivity index (χ4v) is 7.05. The number of anilines is 3. The van der Waals surface area contributed by atoms with Crippen LogP contribution in [0, 0.1) is 0 Å². The third kappa shape index (κ3) is 2.70. The Hall–Kier alpha value is -4.37. The molecule has 39 heavy (non-hydrogen) atoms. The molecule has 4 aliphatic heterocycles. The minimum Gasteiger partial charge on any atom is -0.551 e. The van der Waals surface area contributed by atoms with Crippen molar-refractivity contribution in [2.24, 2.45) is 0 Å². The molecule has 0 aromatic heterocycles. The van der Waals surface area contributed by atoms with E-state index in [2.05, 4.69) is 123 Å². The second kappa shape index (κ2) is 7.18. The van der Waals surface area contributed by atoms with Crippen molar-refractivity contribution < 1.29 is 9.31 Å². The number of hydrogen-bond acceptors (Lipinski definition) is 3. The molecular formula is C34H25B2NO2. The zero-order valence-corrected chi connectivity index (χ0v) is 22.2. The fraction of sp³-hybridized carbons (Fsp3) is 0.118. The molecule has 3 nitrogen and oxygen atoms in total. The summed E-state index contributed by atoms with van der Waals surface area (Å²) in [5, 5.41) is 0. The van der Waals surface area contributed by atoms with Crippen molar-refractivity contribution in [1.29, 1.82) is 0 Å². The molecule has 0 aliphatic carbocycles. The molecule has 4 aliphatic rings. The zero-order chi connectivity index (χ0) is 26.0. The molecule has 0 fully saturated rings. The lowest BCUT2D eigenvalue weighted by molar-refractivity contribution is 0.582. The van der Waals surface area contributed by atoms with Crippen molar-refractivity contribution in [3.8, 4) is 33.8 Å². The summed E-state index contributed by atoms with van der Waals surface area (Å²) in [6.07, 6.45) is 0. The molecule has 5 aromatic carbocycles. The van der Waals surface area contributed by atoms with Crippen LogP contribution in [0.4, 0.5) is 17.1 Å². The Balaban J connectivity index is 1.42. The molecule has 184 valence electrons. The first-order valence-electron chi connectivity index (χ1n) is 13.8. The minimum atomic E-state index is -0.181. The van der Waals surface area contributed by atoms with Gasteiger partial charge < -0.3 is 14.2 Å². The van der Waals surface area contributed by atoms with Gasteiger partial charge in [0.05, 0.1) is 0 Å². The van der Waals surface area contributed by atoms with Crippen LogP contribution in [0.3, 0.4) is 0 Å². The van der Waals surface area contributed by atoms with Crippen LogP contribution >= 0.6 is 0 Å². The summed E-state index contributed by atoms with van der Waals surface area (Å²) in [5.41, 5.74) is 14.6. The van der Waals surface area contributed by atoms with Gasteiger partial charge in [-0.05, 0) is 57.3 Å². The lowest BCUT2D eigenvalue weighted by Gasteiger charge is -2.46. The Bertz CT molecular complexity index is 1760. The maximum absolute atomic E-state index is 6.89. The lowest BCUT2D eigenvalue weighted by Crippen LogP contribution is -2.64. The van der Waals surface area contributed by atoms with E-state index < -0.39 is 0 Å². The van der Waals surface area contributed by atoms with Crippen LogP contribution in [0.25, 0.3) is 22.3 Å². The number of hydrogen-bond donors (Lipinski definition) is 0. The first kappa shape index (κ1) is 21.6. The average molecular weight is 501 g/mol. The monoisotopic (exact) mass is 501 g/mol. The van der Waals surface area contributed by atoms with Gasteiger partial charge in [0.25, 0.3) is 0 Å². The second-order valence-electron chi connectivity index (χ2n) is 12.1. The van der Waals surface area contributed by atoms with Gasteiger partial charge >= 0.3 is 13.8 Å². The molecule has 0 saturated carbocycles. The number of nitrogens with zero attached hydrogens (tertiary/aromatic N) is 1. The summed E-state index contributed by atoms with van der Waals surface area (Å²) < 4.78 is 13.8. The van der Waals surface area contributed by atoms with E-state index in [1.54, 1.807) is 0 Å². The van der Waals surface area contributed by atoms with Gasteiger partial charge in [0.2, 0.25) is 0 Å². The Labute approximate surface area is 229 Å². The first-order valence-corrected chi connectivity index (χ1v) is 13.8. The highest BCUT2D eigenvalue weighted by Crippen LogP contribution is 2.46. The molecule has 0 N–H and O–H groups in total. The Morgan fingerprint density at radius 2 is 1.03 bits per heavy atom. The predicted octanol–water partition coefficient (Wildman–Crippen LogP) is 5.41. The van der Waals surface area contributed by atoms with Crippen LogP contribution in [0.5, 0.6) is 11.5 Å². The zero-order valence-electron chi connectivity index (χ0n) is 22.2. The van der Waals surface area contributed by atoms with E-state index in [1.165, 1.54) is 55.6 Å². The Morgan fingerprint density at radius 3 is 1.51 bits per heavy atom. The van der Waals surface area contributed by atoms with E-state index in [1.807, 2.05) is 0 Å². The van der Waals surface area contributed by atoms with Crippen molar-refractivity contribution >= 4 is 52.7 Å². The standard InChI is InChI=1S/C34H25B2NO2/c1-34(2,3)20-18-25-33-26(19-20)36-32-24(22-11-5-7-17-30(22)39-36)13-9-15-28(32)37(33)27-14-8-12-23-21-10-4-6-16-29(21)38-35(25)31(23)27/h4-19H,1-3H3. The number of rotatable bonds is 0. The van der Waals surface area contributed by atoms with E-state index in [0.717, 1.165) is 22.6 Å². The van der Waals surface area contributed by atoms with Gasteiger partial charge in [-0.25, -0.2) is 0 Å². The molecular weight excluding hydrogens is 476 g/mol. The molecule has 4 heterocycles. The third-order valence-electron chi connectivity index (χ3n) is 8.84. The van der Waals surface area contributed by atoms with E-state index in [0.29, 0.717) is 0 Å². The number of fused-ring (bicyclic) bond motifs is 8. The van der Waals surface area contributed by atoms with Crippen LogP contribution in [0.2, 0.25) is 0 Å². The summed E-state index contributed by atoms with van der Waals surface area (Å²) in [6.45, 7) is 6.51. The number of para-hydroxylation sites is 2. The molecule has 9 rings (SSSR count). The molecule has 0 bridgehead atoms. The average Bonchev–Trinajstić information content (AvgIpc) is 2.96. The SMILES string of the molecule is CC(C)(C)c1cc2c3c(c1)B1Oc4ccccc4-c4cccc(c41)N3c1cccc3c1B2Oc1ccccc1-3. The first-order chi connectivity index (χ1) is 19.0. The van der Waals surface area contributed by atoms with Gasteiger partial charge in [0.1, 0.15) is 11.5 Å². The molecule has 0 radical (unpaired) electrons. The highest BCUT2D eigenvalue weighted by atomic mass is 16.4. The summed E-state index contributed by atoms with van der Waals surface area (Å²) in [4.78, 5) is 2.48. The second-order valence-corrected chi connectivity index (χ2v) is 12.1. The van der Waals surface area contributed by atoms with Crippen molar-refractivity contribution in [3.63, 3.8) is 0 Å². The van der Waals surface area contributed by atoms with Crippen LogP contribution in [-0.4, -0.2) is 13.8 Å². The van der Waals surface area contributed by atoms with Crippen molar-refractivity contribution in [2.75, 3.05) is 4.90 Å². The van der Waals surface area contributed by atoms with Crippen molar-refractivity contribution in [1.82, 2.24) is 0 Å². The van der Waals surface area contributed by atoms with Gasteiger partial charge in [-0.2, -0.15) is 0 Å². The van der Waals surface area contributed by atoms with Gasteiger partial charge in [-0.3, -0.25) is 0 Å². The molecule has 5 heteroatoms. The highest BCUT2D eigenvalue weighted by molar-refractivity contribution is 6.90. The maximum Gasteiger partial charge on any atom is 0.431 e. The Morgan fingerprint density at radius 1 is 0.564 bits per heavy atom. The van der Waals surface area contributed by atoms with Gasteiger partial charge in [-0.1, -0.05) is 93.6 Å². The van der Waals surface area contributed by atoms with Crippen LogP contribution in [0.1, 0.15) is 26.3 Å². The van der Waals surface area contributed by atoms with E-state index >= 15 is 0 Å². The Kier molecular flexibility index (Phi) is 3.97. The van der Waals surface area contributed by atoms with Crippen LogP contribution < -0.4 is 36.1 Å². The summed E-state index contributed by atoms with van der Waals surface area (Å²) >= 11 is 0. The van der Waals surface area contributed by atoms with E-state index in [4.69, 9.17) is 9.31 Å². The third-order valence-corrected chi connectivity index (χ3v) is 8.84. The summed E-state index contributed by atoms with van der Waals surface area (Å²) in [5.74, 6) is 1.88. The lowest BCUT2D eigenvalue weighted by atomic mass is 9.43. The summed E-state index contributed by atoms with van der Waals surface area (Å²) in [6, 6.07) is 35.0. The van der Waals surface area contributed by atoms with Gasteiger partial charge in [0, 0.05) is 39.1 Å². The maximum atomic E-state index is 6.89. The van der Waals surface area contributed by atoms with Crippen molar-refractivity contribution in [2.45, 2.75) is 26.2 Å². The minimum absolute atomic E-state index is 0.0326. The van der Waals surface area contributed by atoms with E-state index in [9.17, 15) is 0 Å². The summed E-state index contributed by atoms with van der Waals surface area (Å²) in [7, 11) is 0. The quantitative estimate of drug-likeness (QED) is 0.265. The molecule has 0 amide bonds. The molecule has 5 aromatic rings. The highest BCUT2D eigenvalue weighted by Gasteiger charge is 2.50. The molecule has 0 spiro atoms. The fourth-order valence-electron chi connectivity index (χ4n) is 7.05. The van der Waals surface area contributed by atoms with Crippen molar-refractivity contribution in [3.05, 3.63) is 103 Å². The van der Waals surface area contributed by atoms with Gasteiger partial charge in [-0.15, -0.1) is 0 Å². The topological polar surface area (TPSA) is 21.7 Å². The molecule has 0 saturated heterocycles. The van der Waals surface area contributed by atoms with E-state index in [-0.39, 0.29) is 19.2 Å². The van der Waals surface area contributed by atoms with Crippen LogP contribution in [-0.2, 0) is 5.41 Å². The normalized spacial score (nSPS) is 14.8. The largest absolute Gasteiger partial charge is 0.551 e. The van der Waals surface area contributed by atoms with Crippen LogP contribution in [0.15, 0.2) is 97.1 Å².